The lowest BCUT2D eigenvalue weighted by molar-refractivity contribution is -0.0949. The first kappa shape index (κ1) is 14.8. The van der Waals surface area contributed by atoms with E-state index in [2.05, 4.69) is 22.0 Å². The molecule has 3 nitrogen and oxygen atoms in total. The molecule has 4 saturated heterocycles. The second-order valence-corrected chi connectivity index (χ2v) is 8.78. The fourth-order valence-corrected chi connectivity index (χ4v) is 6.21. The van der Waals surface area contributed by atoms with E-state index >= 15 is 0 Å². The van der Waals surface area contributed by atoms with Gasteiger partial charge in [0.15, 0.2) is 0 Å². The van der Waals surface area contributed by atoms with Gasteiger partial charge in [0.2, 0.25) is 0 Å². The molecule has 0 bridgehead atoms. The average molecular weight is 311 g/mol. The van der Waals surface area contributed by atoms with Gasteiger partial charge in [-0.2, -0.15) is 11.8 Å². The zero-order valence-corrected chi connectivity index (χ0v) is 14.0. The van der Waals surface area contributed by atoms with E-state index in [1.54, 1.807) is 0 Å². The predicted octanol–water partition coefficient (Wildman–Crippen LogP) is 2.65. The van der Waals surface area contributed by atoms with Crippen LogP contribution < -0.4 is 5.32 Å². The molecule has 0 saturated carbocycles. The molecule has 1 N–H and O–H groups in total. The third kappa shape index (κ3) is 3.29. The Morgan fingerprint density at radius 2 is 1.95 bits per heavy atom. The topological polar surface area (TPSA) is 24.5 Å². The maximum absolute atomic E-state index is 6.23. The predicted molar refractivity (Wildman–Crippen MR) is 89.0 cm³/mol. The number of rotatable bonds is 2. The van der Waals surface area contributed by atoms with Gasteiger partial charge in [0, 0.05) is 24.7 Å². The second-order valence-electron chi connectivity index (χ2n) is 7.55. The summed E-state index contributed by atoms with van der Waals surface area (Å²) in [7, 11) is 0. The Hall–Kier alpha value is 0.230. The third-order valence-corrected chi connectivity index (χ3v) is 7.17. The van der Waals surface area contributed by atoms with Crippen LogP contribution in [0.3, 0.4) is 0 Å². The lowest BCUT2D eigenvalue weighted by Crippen LogP contribution is -2.54. The minimum Gasteiger partial charge on any atom is -0.375 e. The molecule has 120 valence electrons. The maximum Gasteiger partial charge on any atom is 0.0713 e. The molecule has 21 heavy (non-hydrogen) atoms. The Kier molecular flexibility index (Phi) is 4.50. The molecule has 0 amide bonds. The van der Waals surface area contributed by atoms with Crippen molar-refractivity contribution < 1.29 is 4.74 Å². The van der Waals surface area contributed by atoms with Gasteiger partial charge in [0.25, 0.3) is 0 Å². The Morgan fingerprint density at radius 1 is 1.05 bits per heavy atom. The van der Waals surface area contributed by atoms with Gasteiger partial charge in [-0.15, -0.1) is 0 Å². The lowest BCUT2D eigenvalue weighted by atomic mass is 9.84. The van der Waals surface area contributed by atoms with Crippen LogP contribution in [0.2, 0.25) is 0 Å². The van der Waals surface area contributed by atoms with Crippen LogP contribution in [0, 0.1) is 0 Å². The van der Waals surface area contributed by atoms with Crippen molar-refractivity contribution in [2.24, 2.45) is 0 Å². The number of fused-ring (bicyclic) bond motifs is 1. The van der Waals surface area contributed by atoms with Crippen molar-refractivity contribution in [2.45, 2.75) is 75.1 Å². The first-order chi connectivity index (χ1) is 10.3. The second kappa shape index (κ2) is 6.38. The molecule has 4 aliphatic rings. The highest BCUT2D eigenvalue weighted by Crippen LogP contribution is 2.38. The van der Waals surface area contributed by atoms with Crippen molar-refractivity contribution >= 4 is 11.8 Å². The highest BCUT2D eigenvalue weighted by atomic mass is 32.2. The highest BCUT2D eigenvalue weighted by molar-refractivity contribution is 7.99. The average Bonchev–Trinajstić information content (AvgIpc) is 2.96. The Balaban J connectivity index is 1.32. The van der Waals surface area contributed by atoms with E-state index in [1.807, 2.05) is 0 Å². The molecule has 0 aliphatic carbocycles. The summed E-state index contributed by atoms with van der Waals surface area (Å²) in [4.78, 5) is 2.72. The van der Waals surface area contributed by atoms with Crippen LogP contribution in [0.1, 0.15) is 51.4 Å². The van der Waals surface area contributed by atoms with E-state index in [9.17, 15) is 0 Å². The minimum atomic E-state index is 0.231. The SMILES string of the molecule is C1CC2CC(NC3CCOC4(CCSCC4)C3)CCN2C1. The van der Waals surface area contributed by atoms with Crippen LogP contribution in [-0.2, 0) is 4.74 Å². The summed E-state index contributed by atoms with van der Waals surface area (Å²) in [5, 5.41) is 4.03. The molecule has 0 aromatic rings. The van der Waals surface area contributed by atoms with Crippen LogP contribution in [-0.4, -0.2) is 59.8 Å². The lowest BCUT2D eigenvalue weighted by Gasteiger charge is -2.45. The van der Waals surface area contributed by atoms with Gasteiger partial charge >= 0.3 is 0 Å². The van der Waals surface area contributed by atoms with Gasteiger partial charge in [-0.25, -0.2) is 0 Å². The van der Waals surface area contributed by atoms with Crippen molar-refractivity contribution in [2.75, 3.05) is 31.2 Å². The highest BCUT2D eigenvalue weighted by Gasteiger charge is 2.40. The monoisotopic (exact) mass is 310 g/mol. The number of thioether (sulfide) groups is 1. The molecule has 4 fully saturated rings. The van der Waals surface area contributed by atoms with Gasteiger partial charge in [-0.3, -0.25) is 0 Å². The van der Waals surface area contributed by atoms with Crippen molar-refractivity contribution in [1.82, 2.24) is 10.2 Å². The summed E-state index contributed by atoms with van der Waals surface area (Å²) in [5.41, 5.74) is 0.231. The minimum absolute atomic E-state index is 0.231. The Labute approximate surface area is 133 Å². The molecule has 4 heterocycles. The number of hydrogen-bond donors (Lipinski definition) is 1. The van der Waals surface area contributed by atoms with Crippen LogP contribution >= 0.6 is 11.8 Å². The van der Waals surface area contributed by atoms with Gasteiger partial charge in [0.05, 0.1) is 5.60 Å². The van der Waals surface area contributed by atoms with E-state index in [0.717, 1.165) is 18.7 Å². The first-order valence-electron chi connectivity index (χ1n) is 9.05. The van der Waals surface area contributed by atoms with Gasteiger partial charge in [-0.1, -0.05) is 0 Å². The first-order valence-corrected chi connectivity index (χ1v) is 10.2. The number of hydrogen-bond acceptors (Lipinski definition) is 4. The summed E-state index contributed by atoms with van der Waals surface area (Å²) in [6, 6.07) is 2.36. The number of piperidine rings is 1. The summed E-state index contributed by atoms with van der Waals surface area (Å²) < 4.78 is 6.23. The number of nitrogens with one attached hydrogen (secondary N) is 1. The largest absolute Gasteiger partial charge is 0.375 e. The molecule has 3 unspecified atom stereocenters. The Morgan fingerprint density at radius 3 is 2.86 bits per heavy atom. The standard InChI is InChI=1S/C17H30N2OS/c1-2-16-12-14(3-8-19(16)7-1)18-15-4-9-20-17(13-15)5-10-21-11-6-17/h14-16,18H,1-13H2. The van der Waals surface area contributed by atoms with Crippen molar-refractivity contribution in [1.29, 1.82) is 0 Å². The molecular formula is C17H30N2OS. The molecule has 1 spiro atoms. The van der Waals surface area contributed by atoms with E-state index in [0.29, 0.717) is 6.04 Å². The molecule has 4 rings (SSSR count). The zero-order valence-electron chi connectivity index (χ0n) is 13.2. The van der Waals surface area contributed by atoms with Gasteiger partial charge in [0.1, 0.15) is 0 Å². The van der Waals surface area contributed by atoms with Crippen molar-refractivity contribution in [3.05, 3.63) is 0 Å². The molecular weight excluding hydrogens is 280 g/mol. The molecule has 0 aromatic heterocycles. The number of nitrogens with zero attached hydrogens (tertiary/aromatic N) is 1. The molecule has 0 radical (unpaired) electrons. The van der Waals surface area contributed by atoms with Crippen molar-refractivity contribution in [3.63, 3.8) is 0 Å². The van der Waals surface area contributed by atoms with Crippen LogP contribution in [0.4, 0.5) is 0 Å². The van der Waals surface area contributed by atoms with E-state index < -0.39 is 0 Å². The normalized spacial score (nSPS) is 40.3. The van der Waals surface area contributed by atoms with E-state index in [4.69, 9.17) is 4.74 Å². The summed E-state index contributed by atoms with van der Waals surface area (Å²) in [5.74, 6) is 2.60. The third-order valence-electron chi connectivity index (χ3n) is 6.19. The molecule has 0 aromatic carbocycles. The fraction of sp³-hybridized carbons (Fsp3) is 1.00. The van der Waals surface area contributed by atoms with Gasteiger partial charge < -0.3 is 15.0 Å². The summed E-state index contributed by atoms with van der Waals surface area (Å²) in [6.07, 6.45) is 10.6. The summed E-state index contributed by atoms with van der Waals surface area (Å²) >= 11 is 2.10. The maximum atomic E-state index is 6.23. The zero-order chi connectivity index (χ0) is 14.1. The van der Waals surface area contributed by atoms with Gasteiger partial charge in [-0.05, 0) is 76.0 Å². The van der Waals surface area contributed by atoms with Crippen LogP contribution in [0.25, 0.3) is 0 Å². The summed E-state index contributed by atoms with van der Waals surface area (Å²) in [6.45, 7) is 3.66. The number of ether oxygens (including phenoxy) is 1. The quantitative estimate of drug-likeness (QED) is 0.847. The van der Waals surface area contributed by atoms with Crippen LogP contribution in [0.5, 0.6) is 0 Å². The Bertz CT molecular complexity index is 353. The fourth-order valence-electron chi connectivity index (χ4n) is 4.97. The van der Waals surface area contributed by atoms with Crippen LogP contribution in [0.15, 0.2) is 0 Å². The van der Waals surface area contributed by atoms with E-state index in [-0.39, 0.29) is 5.60 Å². The van der Waals surface area contributed by atoms with Crippen molar-refractivity contribution in [3.8, 4) is 0 Å². The van der Waals surface area contributed by atoms with E-state index in [1.165, 1.54) is 76.0 Å². The molecule has 3 atom stereocenters. The molecule has 4 aliphatic heterocycles. The smallest absolute Gasteiger partial charge is 0.0713 e. The molecule has 4 heteroatoms.